The smallest absolute Gasteiger partial charge is 0.262 e. The summed E-state index contributed by atoms with van der Waals surface area (Å²) >= 11 is 0. The molecule has 0 aliphatic heterocycles. The number of carbonyl (C=O) groups excluding carboxylic acids is 2. The minimum Gasteiger partial charge on any atom is -0.484 e. The van der Waals surface area contributed by atoms with Gasteiger partial charge in [-0.15, -0.1) is 0 Å². The summed E-state index contributed by atoms with van der Waals surface area (Å²) in [6.07, 6.45) is 0. The molecule has 2 aromatic rings. The predicted octanol–water partition coefficient (Wildman–Crippen LogP) is 2.14. The average Bonchev–Trinajstić information content (AvgIpc) is 2.69. The topological polar surface area (TPSA) is 119 Å². The maximum absolute atomic E-state index is 12.7. The Kier molecular flexibility index (Phi) is 7.35. The lowest BCUT2D eigenvalue weighted by atomic mass is 10.2. The fraction of sp³-hybridized carbons (Fsp3) is 0.300. The van der Waals surface area contributed by atoms with Crippen LogP contribution >= 0.6 is 0 Å². The normalized spacial score (nSPS) is 11.3. The van der Waals surface area contributed by atoms with E-state index in [2.05, 4.69) is 5.32 Å². The Bertz CT molecular complexity index is 984. The van der Waals surface area contributed by atoms with Crippen LogP contribution in [0.5, 0.6) is 5.75 Å². The molecule has 0 fully saturated rings. The number of anilines is 1. The number of sulfonamides is 1. The summed E-state index contributed by atoms with van der Waals surface area (Å²) in [4.78, 5) is 23.4. The van der Waals surface area contributed by atoms with Crippen molar-refractivity contribution in [1.29, 1.82) is 0 Å². The molecular formula is C20H25N3O5S. The molecule has 0 unspecified atom stereocenters. The van der Waals surface area contributed by atoms with Crippen LogP contribution in [0.25, 0.3) is 0 Å². The Hall–Kier alpha value is -2.91. The SMILES string of the molecule is CCN(CC)S(=O)(=O)c1ccc(C)c(NC(=O)COc2ccc(C(N)=O)cc2)c1. The first-order valence-electron chi connectivity index (χ1n) is 9.12. The van der Waals surface area contributed by atoms with Crippen LogP contribution in [-0.2, 0) is 14.8 Å². The molecule has 0 saturated heterocycles. The third-order valence-electron chi connectivity index (χ3n) is 4.34. The first-order chi connectivity index (χ1) is 13.7. The third-order valence-corrected chi connectivity index (χ3v) is 6.38. The Morgan fingerprint density at radius 1 is 1.07 bits per heavy atom. The highest BCUT2D eigenvalue weighted by atomic mass is 32.2. The van der Waals surface area contributed by atoms with Gasteiger partial charge in [0.25, 0.3) is 5.91 Å². The van der Waals surface area contributed by atoms with Gasteiger partial charge in [0, 0.05) is 24.3 Å². The molecule has 0 aliphatic rings. The monoisotopic (exact) mass is 419 g/mol. The van der Waals surface area contributed by atoms with Crippen molar-refractivity contribution >= 4 is 27.5 Å². The zero-order valence-electron chi connectivity index (χ0n) is 16.6. The second kappa shape index (κ2) is 9.53. The number of nitrogens with two attached hydrogens (primary N) is 1. The van der Waals surface area contributed by atoms with E-state index in [4.69, 9.17) is 10.5 Å². The Labute approximate surface area is 170 Å². The number of rotatable bonds is 9. The number of nitrogens with one attached hydrogen (secondary N) is 1. The van der Waals surface area contributed by atoms with Crippen molar-refractivity contribution in [3.63, 3.8) is 0 Å². The first kappa shape index (κ1) is 22.4. The average molecular weight is 420 g/mol. The van der Waals surface area contributed by atoms with Crippen LogP contribution in [0.2, 0.25) is 0 Å². The minimum absolute atomic E-state index is 0.116. The fourth-order valence-electron chi connectivity index (χ4n) is 2.66. The molecule has 0 saturated carbocycles. The molecule has 3 N–H and O–H groups in total. The summed E-state index contributed by atoms with van der Waals surface area (Å²) in [5.41, 5.74) is 6.64. The molecule has 2 amide bonds. The van der Waals surface area contributed by atoms with Crippen molar-refractivity contribution in [3.05, 3.63) is 53.6 Å². The van der Waals surface area contributed by atoms with Gasteiger partial charge < -0.3 is 15.8 Å². The van der Waals surface area contributed by atoms with Crippen molar-refractivity contribution < 1.29 is 22.7 Å². The predicted molar refractivity (Wildman–Crippen MR) is 110 cm³/mol. The number of aryl methyl sites for hydroxylation is 1. The van der Waals surface area contributed by atoms with Gasteiger partial charge in [0.1, 0.15) is 5.75 Å². The number of hydrogen-bond acceptors (Lipinski definition) is 5. The molecule has 2 rings (SSSR count). The van der Waals surface area contributed by atoms with Gasteiger partial charge in [0.05, 0.1) is 4.90 Å². The van der Waals surface area contributed by atoms with Crippen molar-refractivity contribution in [1.82, 2.24) is 4.31 Å². The summed E-state index contributed by atoms with van der Waals surface area (Å²) < 4.78 is 32.1. The minimum atomic E-state index is -3.63. The number of hydrogen-bond donors (Lipinski definition) is 2. The number of amides is 2. The van der Waals surface area contributed by atoms with Gasteiger partial charge in [-0.2, -0.15) is 4.31 Å². The van der Waals surface area contributed by atoms with Crippen molar-refractivity contribution in [3.8, 4) is 5.75 Å². The fourth-order valence-corrected chi connectivity index (χ4v) is 4.14. The second-order valence-corrected chi connectivity index (χ2v) is 8.23. The van der Waals surface area contributed by atoms with Gasteiger partial charge >= 0.3 is 0 Å². The molecular weight excluding hydrogens is 394 g/mol. The molecule has 156 valence electrons. The Morgan fingerprint density at radius 2 is 1.69 bits per heavy atom. The van der Waals surface area contributed by atoms with Crippen LogP contribution < -0.4 is 15.8 Å². The first-order valence-corrected chi connectivity index (χ1v) is 10.6. The number of carbonyl (C=O) groups is 2. The summed E-state index contributed by atoms with van der Waals surface area (Å²) in [6.45, 7) is 5.75. The van der Waals surface area contributed by atoms with E-state index in [-0.39, 0.29) is 11.5 Å². The molecule has 2 aromatic carbocycles. The molecule has 8 nitrogen and oxygen atoms in total. The molecule has 0 aromatic heterocycles. The maximum atomic E-state index is 12.7. The molecule has 0 spiro atoms. The molecule has 29 heavy (non-hydrogen) atoms. The standard InChI is InChI=1S/C20H25N3O5S/c1-4-23(5-2)29(26,27)17-11-6-14(3)18(12-17)22-19(24)13-28-16-9-7-15(8-10-16)20(21)25/h6-12H,4-5,13H2,1-3H3,(H2,21,25)(H,22,24). The number of nitrogens with zero attached hydrogens (tertiary/aromatic N) is 1. The highest BCUT2D eigenvalue weighted by Crippen LogP contribution is 2.23. The van der Waals surface area contributed by atoms with Gasteiger partial charge in [-0.05, 0) is 48.9 Å². The lowest BCUT2D eigenvalue weighted by Crippen LogP contribution is -2.30. The molecule has 0 bridgehead atoms. The van der Waals surface area contributed by atoms with E-state index in [9.17, 15) is 18.0 Å². The summed E-state index contributed by atoms with van der Waals surface area (Å²) in [5.74, 6) is -0.589. The molecule has 0 heterocycles. The van der Waals surface area contributed by atoms with Gasteiger partial charge in [0.2, 0.25) is 15.9 Å². The largest absolute Gasteiger partial charge is 0.484 e. The number of primary amides is 1. The van der Waals surface area contributed by atoms with E-state index in [0.29, 0.717) is 30.1 Å². The van der Waals surface area contributed by atoms with E-state index in [1.165, 1.54) is 40.7 Å². The van der Waals surface area contributed by atoms with Crippen LogP contribution in [0.15, 0.2) is 47.4 Å². The molecule has 0 radical (unpaired) electrons. The highest BCUT2D eigenvalue weighted by molar-refractivity contribution is 7.89. The quantitative estimate of drug-likeness (QED) is 0.645. The van der Waals surface area contributed by atoms with Crippen LogP contribution in [0.4, 0.5) is 5.69 Å². The van der Waals surface area contributed by atoms with E-state index >= 15 is 0 Å². The summed E-state index contributed by atoms with van der Waals surface area (Å²) in [6, 6.07) is 10.7. The highest BCUT2D eigenvalue weighted by Gasteiger charge is 2.22. The van der Waals surface area contributed by atoms with Crippen LogP contribution in [-0.4, -0.2) is 44.2 Å². The van der Waals surface area contributed by atoms with Crippen LogP contribution in [0.1, 0.15) is 29.8 Å². The molecule has 0 atom stereocenters. The summed E-state index contributed by atoms with van der Waals surface area (Å²) in [5, 5.41) is 2.68. The van der Waals surface area contributed by atoms with Crippen molar-refractivity contribution in [2.24, 2.45) is 5.73 Å². The van der Waals surface area contributed by atoms with Crippen LogP contribution in [0, 0.1) is 6.92 Å². The van der Waals surface area contributed by atoms with Gasteiger partial charge in [-0.25, -0.2) is 8.42 Å². The van der Waals surface area contributed by atoms with Crippen LogP contribution in [0.3, 0.4) is 0 Å². The lowest BCUT2D eigenvalue weighted by molar-refractivity contribution is -0.118. The third kappa shape index (κ3) is 5.55. The van der Waals surface area contributed by atoms with E-state index in [0.717, 1.165) is 5.56 Å². The molecule has 9 heteroatoms. The number of ether oxygens (including phenoxy) is 1. The summed E-state index contributed by atoms with van der Waals surface area (Å²) in [7, 11) is -3.63. The molecule has 0 aliphatic carbocycles. The number of benzene rings is 2. The Balaban J connectivity index is 2.09. The van der Waals surface area contributed by atoms with E-state index in [1.54, 1.807) is 26.8 Å². The van der Waals surface area contributed by atoms with Crippen molar-refractivity contribution in [2.75, 3.05) is 25.0 Å². The second-order valence-electron chi connectivity index (χ2n) is 6.29. The zero-order chi connectivity index (χ0) is 21.6. The van der Waals surface area contributed by atoms with Gasteiger partial charge in [0.15, 0.2) is 6.61 Å². The van der Waals surface area contributed by atoms with Crippen molar-refractivity contribution in [2.45, 2.75) is 25.7 Å². The van der Waals surface area contributed by atoms with E-state index in [1.807, 2.05) is 0 Å². The zero-order valence-corrected chi connectivity index (χ0v) is 17.5. The lowest BCUT2D eigenvalue weighted by Gasteiger charge is -2.19. The Morgan fingerprint density at radius 3 is 2.24 bits per heavy atom. The van der Waals surface area contributed by atoms with E-state index < -0.39 is 21.8 Å². The van der Waals surface area contributed by atoms with Gasteiger partial charge in [-0.1, -0.05) is 19.9 Å². The van der Waals surface area contributed by atoms with Gasteiger partial charge in [-0.3, -0.25) is 9.59 Å². The maximum Gasteiger partial charge on any atom is 0.262 e.